The normalized spacial score (nSPS) is 17.1. The predicted octanol–water partition coefficient (Wildman–Crippen LogP) is 1.88. The van der Waals surface area contributed by atoms with E-state index in [4.69, 9.17) is 14.2 Å². The molecular formula is C14H20ClNO4. The van der Waals surface area contributed by atoms with E-state index in [0.29, 0.717) is 36.0 Å². The molecule has 0 saturated carbocycles. The molecule has 0 aliphatic carbocycles. The monoisotopic (exact) mass is 301 g/mol. The summed E-state index contributed by atoms with van der Waals surface area (Å²) in [5.41, 5.74) is 0.566. The van der Waals surface area contributed by atoms with Crippen LogP contribution in [0.5, 0.6) is 17.2 Å². The molecule has 2 rings (SSSR count). The minimum atomic E-state index is -0.138. The highest BCUT2D eigenvalue weighted by molar-refractivity contribution is 6.02. The van der Waals surface area contributed by atoms with Gasteiger partial charge in [0.2, 0.25) is 5.75 Å². The Morgan fingerprint density at radius 3 is 2.55 bits per heavy atom. The first-order chi connectivity index (χ1) is 9.08. The van der Waals surface area contributed by atoms with Crippen LogP contribution in [0.25, 0.3) is 0 Å². The van der Waals surface area contributed by atoms with E-state index in [2.05, 4.69) is 0 Å². The molecule has 0 saturated heterocycles. The van der Waals surface area contributed by atoms with Crippen molar-refractivity contribution in [2.75, 3.05) is 41.5 Å². The van der Waals surface area contributed by atoms with Crippen molar-refractivity contribution in [3.8, 4) is 17.2 Å². The maximum Gasteiger partial charge on any atom is 0.204 e. The largest absolute Gasteiger partial charge is 0.493 e. The second-order valence-electron chi connectivity index (χ2n) is 4.81. The molecule has 1 atom stereocenters. The molecule has 0 aromatic heterocycles. The van der Waals surface area contributed by atoms with E-state index in [1.807, 2.05) is 19.0 Å². The van der Waals surface area contributed by atoms with E-state index in [-0.39, 0.29) is 24.1 Å². The number of carbonyl (C=O) groups excluding carboxylic acids is 1. The van der Waals surface area contributed by atoms with Crippen molar-refractivity contribution in [2.24, 2.45) is 5.92 Å². The lowest BCUT2D eigenvalue weighted by Gasteiger charge is -2.27. The average Bonchev–Trinajstić information content (AvgIpc) is 2.40. The number of nitrogens with zero attached hydrogens (tertiary/aromatic N) is 1. The summed E-state index contributed by atoms with van der Waals surface area (Å²) >= 11 is 0. The predicted molar refractivity (Wildman–Crippen MR) is 78.7 cm³/mol. The number of ketones is 1. The second kappa shape index (κ2) is 6.81. The Bertz CT molecular complexity index is 490. The van der Waals surface area contributed by atoms with Crippen molar-refractivity contribution in [2.45, 2.75) is 0 Å². The number of Topliss-reactive ketones (excluding diaryl/α,β-unsaturated/α-hetero) is 1. The van der Waals surface area contributed by atoms with E-state index < -0.39 is 0 Å². The highest BCUT2D eigenvalue weighted by Crippen LogP contribution is 2.42. The molecule has 1 aliphatic rings. The summed E-state index contributed by atoms with van der Waals surface area (Å²) in [6.45, 7) is 1.04. The van der Waals surface area contributed by atoms with Gasteiger partial charge in [-0.15, -0.1) is 12.4 Å². The van der Waals surface area contributed by atoms with Gasteiger partial charge in [0.05, 0.1) is 32.3 Å². The highest BCUT2D eigenvalue weighted by atomic mass is 35.5. The Kier molecular flexibility index (Phi) is 5.65. The standard InChI is InChI=1S/C14H19NO4.ClH/c1-15(2)7-9-8-19-13-10(12(9)16)5-6-11(17-3)14(13)18-4;/h5-6,9H,7-8H2,1-4H3;1H. The minimum absolute atomic E-state index is 0. The third-order valence-electron chi connectivity index (χ3n) is 3.15. The van der Waals surface area contributed by atoms with Crippen molar-refractivity contribution in [3.05, 3.63) is 17.7 Å². The van der Waals surface area contributed by atoms with Crippen molar-refractivity contribution < 1.29 is 19.0 Å². The van der Waals surface area contributed by atoms with Crippen molar-refractivity contribution >= 4 is 18.2 Å². The molecule has 1 aliphatic heterocycles. The molecule has 1 aromatic carbocycles. The average molecular weight is 302 g/mol. The summed E-state index contributed by atoms with van der Waals surface area (Å²) in [6.07, 6.45) is 0. The van der Waals surface area contributed by atoms with Gasteiger partial charge in [-0.3, -0.25) is 4.79 Å². The summed E-state index contributed by atoms with van der Waals surface area (Å²) in [6, 6.07) is 3.47. The topological polar surface area (TPSA) is 48.0 Å². The van der Waals surface area contributed by atoms with E-state index in [0.717, 1.165) is 0 Å². The van der Waals surface area contributed by atoms with Gasteiger partial charge in [-0.25, -0.2) is 0 Å². The van der Waals surface area contributed by atoms with Crippen LogP contribution in [-0.4, -0.2) is 52.1 Å². The number of methoxy groups -OCH3 is 2. The van der Waals surface area contributed by atoms with Gasteiger partial charge in [0, 0.05) is 6.54 Å². The van der Waals surface area contributed by atoms with E-state index in [9.17, 15) is 4.79 Å². The van der Waals surface area contributed by atoms with E-state index in [1.54, 1.807) is 19.2 Å². The Labute approximate surface area is 125 Å². The molecule has 0 N–H and O–H groups in total. The lowest BCUT2D eigenvalue weighted by molar-refractivity contribution is 0.0790. The van der Waals surface area contributed by atoms with Gasteiger partial charge in [0.1, 0.15) is 0 Å². The summed E-state index contributed by atoms with van der Waals surface area (Å²) in [4.78, 5) is 14.4. The van der Waals surface area contributed by atoms with Crippen LogP contribution in [0.4, 0.5) is 0 Å². The van der Waals surface area contributed by atoms with Crippen LogP contribution in [0.2, 0.25) is 0 Å². The van der Waals surface area contributed by atoms with Crippen molar-refractivity contribution in [1.82, 2.24) is 4.90 Å². The first-order valence-corrected chi connectivity index (χ1v) is 6.15. The van der Waals surface area contributed by atoms with Gasteiger partial charge in [-0.05, 0) is 26.2 Å². The molecule has 20 heavy (non-hydrogen) atoms. The molecule has 0 radical (unpaired) electrons. The van der Waals surface area contributed by atoms with Crippen molar-refractivity contribution in [3.63, 3.8) is 0 Å². The quantitative estimate of drug-likeness (QED) is 0.850. The summed E-state index contributed by atoms with van der Waals surface area (Å²) in [7, 11) is 6.98. The number of fused-ring (bicyclic) bond motifs is 1. The maximum atomic E-state index is 12.4. The third kappa shape index (κ3) is 2.99. The lowest BCUT2D eigenvalue weighted by Crippen LogP contribution is -2.35. The van der Waals surface area contributed by atoms with Crippen LogP contribution in [0.15, 0.2) is 12.1 Å². The molecule has 1 aromatic rings. The van der Waals surface area contributed by atoms with Gasteiger partial charge >= 0.3 is 0 Å². The van der Waals surface area contributed by atoms with Gasteiger partial charge in [-0.1, -0.05) is 0 Å². The van der Waals surface area contributed by atoms with Crippen LogP contribution in [-0.2, 0) is 0 Å². The number of hydrogen-bond acceptors (Lipinski definition) is 5. The molecule has 0 amide bonds. The smallest absolute Gasteiger partial charge is 0.204 e. The van der Waals surface area contributed by atoms with Gasteiger partial charge in [0.15, 0.2) is 17.3 Å². The van der Waals surface area contributed by atoms with Crippen LogP contribution in [0, 0.1) is 5.92 Å². The summed E-state index contributed by atoms with van der Waals surface area (Å²) < 4.78 is 16.2. The Hall–Kier alpha value is -1.46. The molecule has 5 nitrogen and oxygen atoms in total. The number of carbonyl (C=O) groups is 1. The minimum Gasteiger partial charge on any atom is -0.493 e. The Morgan fingerprint density at radius 1 is 1.30 bits per heavy atom. The summed E-state index contributed by atoms with van der Waals surface area (Å²) in [5, 5.41) is 0. The number of rotatable bonds is 4. The van der Waals surface area contributed by atoms with Crippen LogP contribution < -0.4 is 14.2 Å². The zero-order chi connectivity index (χ0) is 14.0. The van der Waals surface area contributed by atoms with Crippen molar-refractivity contribution in [1.29, 1.82) is 0 Å². The van der Waals surface area contributed by atoms with Gasteiger partial charge < -0.3 is 19.1 Å². The number of hydrogen-bond donors (Lipinski definition) is 0. The van der Waals surface area contributed by atoms with Crippen LogP contribution in [0.1, 0.15) is 10.4 Å². The first-order valence-electron chi connectivity index (χ1n) is 6.15. The van der Waals surface area contributed by atoms with Gasteiger partial charge in [0.25, 0.3) is 0 Å². The molecule has 1 unspecified atom stereocenters. The molecule has 112 valence electrons. The molecule has 1 heterocycles. The molecular weight excluding hydrogens is 282 g/mol. The first kappa shape index (κ1) is 16.6. The third-order valence-corrected chi connectivity index (χ3v) is 3.15. The summed E-state index contributed by atoms with van der Waals surface area (Å²) in [5.74, 6) is 1.50. The second-order valence-corrected chi connectivity index (χ2v) is 4.81. The molecule has 0 bridgehead atoms. The fourth-order valence-corrected chi connectivity index (χ4v) is 2.29. The lowest BCUT2D eigenvalue weighted by atomic mass is 9.94. The fourth-order valence-electron chi connectivity index (χ4n) is 2.29. The maximum absolute atomic E-state index is 12.4. The highest BCUT2D eigenvalue weighted by Gasteiger charge is 2.32. The van der Waals surface area contributed by atoms with E-state index >= 15 is 0 Å². The molecule has 6 heteroatoms. The number of benzene rings is 1. The zero-order valence-electron chi connectivity index (χ0n) is 12.1. The Morgan fingerprint density at radius 2 is 2.00 bits per heavy atom. The molecule has 0 spiro atoms. The zero-order valence-corrected chi connectivity index (χ0v) is 13.0. The SMILES string of the molecule is COc1ccc2c(c1OC)OCC(CN(C)C)C2=O.Cl. The number of halogens is 1. The van der Waals surface area contributed by atoms with Crippen LogP contribution >= 0.6 is 12.4 Å². The van der Waals surface area contributed by atoms with Gasteiger partial charge in [-0.2, -0.15) is 0 Å². The van der Waals surface area contributed by atoms with Crippen LogP contribution in [0.3, 0.4) is 0 Å². The number of ether oxygens (including phenoxy) is 3. The fraction of sp³-hybridized carbons (Fsp3) is 0.500. The Balaban J connectivity index is 0.00000200. The molecule has 0 fully saturated rings. The van der Waals surface area contributed by atoms with E-state index in [1.165, 1.54) is 7.11 Å².